The molecule has 3 rings (SSSR count). The van der Waals surface area contributed by atoms with Gasteiger partial charge in [0.25, 0.3) is 10.0 Å². The first-order valence-electron chi connectivity index (χ1n) is 8.26. The lowest BCUT2D eigenvalue weighted by atomic mass is 10.3. The molecule has 0 aliphatic heterocycles. The van der Waals surface area contributed by atoms with Crippen molar-refractivity contribution in [2.45, 2.75) is 4.21 Å². The summed E-state index contributed by atoms with van der Waals surface area (Å²) >= 11 is 1.000. The van der Waals surface area contributed by atoms with Gasteiger partial charge in [-0.15, -0.1) is 11.3 Å². The number of halogens is 2. The summed E-state index contributed by atoms with van der Waals surface area (Å²) in [6.45, 7) is -0.626. The zero-order valence-electron chi connectivity index (χ0n) is 15.1. The second-order valence-electron chi connectivity index (χ2n) is 5.82. The first-order chi connectivity index (χ1) is 13.8. The number of hydrogen-bond acceptors (Lipinski definition) is 5. The van der Waals surface area contributed by atoms with Crippen LogP contribution in [0.1, 0.15) is 0 Å². The lowest BCUT2D eigenvalue weighted by Crippen LogP contribution is -2.38. The van der Waals surface area contributed by atoms with Crippen molar-refractivity contribution in [3.63, 3.8) is 0 Å². The monoisotopic (exact) mass is 438 g/mol. The van der Waals surface area contributed by atoms with Crippen LogP contribution in [0, 0.1) is 11.6 Å². The summed E-state index contributed by atoms with van der Waals surface area (Å²) in [7, 11) is -2.70. The molecule has 0 unspecified atom stereocenters. The van der Waals surface area contributed by atoms with Crippen LogP contribution in [0.3, 0.4) is 0 Å². The predicted molar refractivity (Wildman–Crippen MR) is 107 cm³/mol. The van der Waals surface area contributed by atoms with Crippen molar-refractivity contribution < 1.29 is 26.7 Å². The molecule has 2 aromatic carbocycles. The van der Waals surface area contributed by atoms with Crippen molar-refractivity contribution in [3.8, 4) is 5.75 Å². The third-order valence-corrected chi connectivity index (χ3v) is 6.96. The third-order valence-electron chi connectivity index (χ3n) is 3.83. The largest absolute Gasteiger partial charge is 0.495 e. The average Bonchev–Trinajstić information content (AvgIpc) is 3.21. The second-order valence-corrected chi connectivity index (χ2v) is 8.86. The number of sulfonamides is 1. The molecule has 0 saturated carbocycles. The highest BCUT2D eigenvalue weighted by Crippen LogP contribution is 2.33. The van der Waals surface area contributed by atoms with Gasteiger partial charge in [0.1, 0.15) is 28.1 Å². The second kappa shape index (κ2) is 8.58. The van der Waals surface area contributed by atoms with Crippen LogP contribution < -0.4 is 14.4 Å². The Kier molecular flexibility index (Phi) is 6.14. The van der Waals surface area contributed by atoms with Crippen LogP contribution in [0.4, 0.5) is 20.2 Å². The van der Waals surface area contributed by atoms with Gasteiger partial charge in [0, 0.05) is 11.8 Å². The topological polar surface area (TPSA) is 75.7 Å². The van der Waals surface area contributed by atoms with Gasteiger partial charge in [-0.1, -0.05) is 18.2 Å². The van der Waals surface area contributed by atoms with E-state index in [1.165, 1.54) is 19.2 Å². The van der Waals surface area contributed by atoms with Crippen LogP contribution in [-0.2, 0) is 14.8 Å². The number of carbonyl (C=O) groups is 1. The molecule has 6 nitrogen and oxygen atoms in total. The molecule has 10 heteroatoms. The molecule has 152 valence electrons. The lowest BCUT2D eigenvalue weighted by Gasteiger charge is -2.24. The van der Waals surface area contributed by atoms with Crippen molar-refractivity contribution in [1.29, 1.82) is 0 Å². The number of para-hydroxylation sites is 2. The quantitative estimate of drug-likeness (QED) is 0.608. The molecule has 0 aliphatic rings. The van der Waals surface area contributed by atoms with E-state index in [0.717, 1.165) is 27.8 Å². The molecule has 3 aromatic rings. The Morgan fingerprint density at radius 1 is 1.10 bits per heavy atom. The zero-order chi connectivity index (χ0) is 21.0. The first-order valence-corrected chi connectivity index (χ1v) is 10.6. The zero-order valence-corrected chi connectivity index (χ0v) is 16.8. The minimum Gasteiger partial charge on any atom is -0.495 e. The number of rotatable bonds is 7. The summed E-state index contributed by atoms with van der Waals surface area (Å²) in [6.07, 6.45) is 0. The van der Waals surface area contributed by atoms with E-state index >= 15 is 0 Å². The number of carbonyl (C=O) groups excluding carboxylic acids is 1. The fourth-order valence-electron chi connectivity index (χ4n) is 2.61. The number of thiophene rings is 1. The Balaban J connectivity index is 1.96. The van der Waals surface area contributed by atoms with E-state index in [1.807, 2.05) is 0 Å². The summed E-state index contributed by atoms with van der Waals surface area (Å²) in [5, 5.41) is 3.92. The molecule has 1 amide bonds. The first kappa shape index (κ1) is 20.7. The smallest absolute Gasteiger partial charge is 0.274 e. The number of amides is 1. The highest BCUT2D eigenvalue weighted by atomic mass is 32.2. The summed E-state index contributed by atoms with van der Waals surface area (Å²) in [5.41, 5.74) is 0.0324. The summed E-state index contributed by atoms with van der Waals surface area (Å²) in [5.74, 6) is -2.26. The van der Waals surface area contributed by atoms with Gasteiger partial charge in [0.15, 0.2) is 0 Å². The number of methoxy groups -OCH3 is 1. The van der Waals surface area contributed by atoms with Crippen molar-refractivity contribution in [3.05, 3.63) is 71.6 Å². The van der Waals surface area contributed by atoms with Gasteiger partial charge in [-0.05, 0) is 35.7 Å². The van der Waals surface area contributed by atoms with Gasteiger partial charge in [-0.3, -0.25) is 9.10 Å². The number of benzene rings is 2. The average molecular weight is 438 g/mol. The minimum absolute atomic E-state index is 0.0352. The Bertz CT molecular complexity index is 1100. The van der Waals surface area contributed by atoms with Gasteiger partial charge < -0.3 is 10.1 Å². The van der Waals surface area contributed by atoms with Gasteiger partial charge in [-0.25, -0.2) is 17.2 Å². The van der Waals surface area contributed by atoms with Crippen LogP contribution >= 0.6 is 11.3 Å². The molecule has 0 saturated heterocycles. The van der Waals surface area contributed by atoms with Gasteiger partial charge in [-0.2, -0.15) is 0 Å². The summed E-state index contributed by atoms with van der Waals surface area (Å²) < 4.78 is 59.2. The van der Waals surface area contributed by atoms with Crippen LogP contribution in [0.25, 0.3) is 0 Å². The standard InChI is InChI=1S/C19H16F2N2O4S2/c1-27-17-6-3-2-5-16(17)23(29(25,26)19-7-4-8-28-19)12-18(24)22-15-10-13(20)9-14(21)11-15/h2-11H,12H2,1H3,(H,22,24). The number of anilines is 2. The highest BCUT2D eigenvalue weighted by Gasteiger charge is 2.30. The molecular weight excluding hydrogens is 422 g/mol. The van der Waals surface area contributed by atoms with E-state index in [1.54, 1.807) is 29.6 Å². The number of nitrogens with zero attached hydrogens (tertiary/aromatic N) is 1. The van der Waals surface area contributed by atoms with Gasteiger partial charge >= 0.3 is 0 Å². The third kappa shape index (κ3) is 4.72. The van der Waals surface area contributed by atoms with Crippen molar-refractivity contribution in [2.24, 2.45) is 0 Å². The lowest BCUT2D eigenvalue weighted by molar-refractivity contribution is -0.114. The molecule has 0 spiro atoms. The highest BCUT2D eigenvalue weighted by molar-refractivity contribution is 7.94. The van der Waals surface area contributed by atoms with Gasteiger partial charge in [0.2, 0.25) is 5.91 Å². The maximum absolute atomic E-state index is 13.4. The van der Waals surface area contributed by atoms with E-state index in [4.69, 9.17) is 4.74 Å². The Hall–Kier alpha value is -2.98. The van der Waals surface area contributed by atoms with E-state index in [0.29, 0.717) is 6.07 Å². The predicted octanol–water partition coefficient (Wildman–Crippen LogP) is 3.87. The van der Waals surface area contributed by atoms with Crippen molar-refractivity contribution >= 4 is 38.6 Å². The van der Waals surface area contributed by atoms with E-state index in [-0.39, 0.29) is 21.3 Å². The number of ether oxygens (including phenoxy) is 1. The fraction of sp³-hybridized carbons (Fsp3) is 0.105. The molecule has 29 heavy (non-hydrogen) atoms. The minimum atomic E-state index is -4.08. The molecule has 0 bridgehead atoms. The van der Waals surface area contributed by atoms with Crippen molar-refractivity contribution in [2.75, 3.05) is 23.3 Å². The van der Waals surface area contributed by atoms with E-state index < -0.39 is 34.1 Å². The van der Waals surface area contributed by atoms with Crippen LogP contribution in [0.2, 0.25) is 0 Å². The maximum Gasteiger partial charge on any atom is 0.274 e. The molecule has 0 radical (unpaired) electrons. The van der Waals surface area contributed by atoms with Crippen LogP contribution in [0.5, 0.6) is 5.75 Å². The number of hydrogen-bond donors (Lipinski definition) is 1. The molecule has 1 heterocycles. The summed E-state index contributed by atoms with van der Waals surface area (Å²) in [4.78, 5) is 12.5. The number of nitrogens with one attached hydrogen (secondary N) is 1. The van der Waals surface area contributed by atoms with Crippen molar-refractivity contribution in [1.82, 2.24) is 0 Å². The molecule has 0 aliphatic carbocycles. The summed E-state index contributed by atoms with van der Waals surface area (Å²) in [6, 6.07) is 11.9. The van der Waals surface area contributed by atoms with E-state index in [2.05, 4.69) is 5.32 Å². The Labute approximate surface area is 170 Å². The fourth-order valence-corrected chi connectivity index (χ4v) is 5.15. The van der Waals surface area contributed by atoms with Crippen LogP contribution in [0.15, 0.2) is 64.2 Å². The Morgan fingerprint density at radius 2 is 1.79 bits per heavy atom. The van der Waals surface area contributed by atoms with E-state index in [9.17, 15) is 22.0 Å². The normalized spacial score (nSPS) is 11.1. The molecule has 0 fully saturated rings. The molecule has 1 aromatic heterocycles. The maximum atomic E-state index is 13.4. The van der Waals surface area contributed by atoms with Gasteiger partial charge in [0.05, 0.1) is 12.8 Å². The van der Waals surface area contributed by atoms with Crippen LogP contribution in [-0.4, -0.2) is 28.0 Å². The molecule has 0 atom stereocenters. The molecular formula is C19H16F2N2O4S2. The SMILES string of the molecule is COc1ccccc1N(CC(=O)Nc1cc(F)cc(F)c1)S(=O)(=O)c1cccs1. The Morgan fingerprint density at radius 3 is 2.41 bits per heavy atom. The molecule has 1 N–H and O–H groups in total.